The Balaban J connectivity index is 0.000000174. The van der Waals surface area contributed by atoms with Crippen molar-refractivity contribution >= 4 is 58.0 Å². The van der Waals surface area contributed by atoms with E-state index in [1.54, 1.807) is 6.92 Å². The number of ether oxygens (including phenoxy) is 6. The predicted molar refractivity (Wildman–Crippen MR) is 338 cm³/mol. The van der Waals surface area contributed by atoms with E-state index in [1.165, 1.54) is 62.8 Å². The third-order valence-corrected chi connectivity index (χ3v) is 18.4. The Labute approximate surface area is 570 Å². The van der Waals surface area contributed by atoms with Crippen molar-refractivity contribution in [1.82, 2.24) is 47.8 Å². The molecule has 50 heteroatoms. The number of fused-ring (bicyclic) bond motifs is 3. The van der Waals surface area contributed by atoms with Crippen LogP contribution in [-0.4, -0.2) is 173 Å². The number of nitrogens with two attached hydrogens (primary N) is 2. The summed E-state index contributed by atoms with van der Waals surface area (Å²) in [5, 5.41) is 71.7. The summed E-state index contributed by atoms with van der Waals surface area (Å²) in [7, 11) is 0. The molecule has 5 aromatic heterocycles. The van der Waals surface area contributed by atoms with Crippen molar-refractivity contribution in [2.75, 3.05) is 31.3 Å². The van der Waals surface area contributed by atoms with Gasteiger partial charge in [0, 0.05) is 85.6 Å². The van der Waals surface area contributed by atoms with Gasteiger partial charge in [0.2, 0.25) is 5.72 Å². The van der Waals surface area contributed by atoms with Gasteiger partial charge in [-0.1, -0.05) is 53.3 Å². The molecule has 6 aliphatic heterocycles. The fraction of sp³-hybridized carbons (Fsp3) is 0.592. The number of hydrogen-bond acceptors (Lipinski definition) is 29. The zero-order valence-electron chi connectivity index (χ0n) is 51.4. The summed E-state index contributed by atoms with van der Waals surface area (Å²) in [5.74, 6) is -0.395. The van der Waals surface area contributed by atoms with E-state index in [2.05, 4.69) is 70.1 Å². The highest BCUT2D eigenvalue weighted by atomic mass is 35.5. The number of nitrogens with zero attached hydrogens (tertiary/aromatic N) is 23. The van der Waals surface area contributed by atoms with Gasteiger partial charge in [-0.05, 0) is 52.6 Å². The topological polar surface area (TPSA) is 687 Å². The van der Waals surface area contributed by atoms with Crippen molar-refractivity contribution < 1.29 is 59.1 Å². The lowest BCUT2D eigenvalue weighted by molar-refractivity contribution is -0.124. The van der Waals surface area contributed by atoms with Gasteiger partial charge in [-0.3, -0.25) is 47.2 Å². The lowest BCUT2D eigenvalue weighted by Crippen LogP contribution is -2.45. The maximum absolute atomic E-state index is 11.9. The smallest absolute Gasteiger partial charge is 0.351 e. The molecular weight excluding hydrogens is 1410 g/mol. The summed E-state index contributed by atoms with van der Waals surface area (Å²) in [5.41, 5.74) is 41.5. The number of aromatic amines is 2. The van der Waals surface area contributed by atoms with Gasteiger partial charge in [-0.25, -0.2) is 19.2 Å². The van der Waals surface area contributed by atoms with Crippen LogP contribution in [0.25, 0.3) is 52.2 Å². The fourth-order valence-electron chi connectivity index (χ4n) is 10.8. The van der Waals surface area contributed by atoms with Gasteiger partial charge >= 0.3 is 28.8 Å². The highest BCUT2D eigenvalue weighted by Crippen LogP contribution is 2.49. The molecule has 5 fully saturated rings. The van der Waals surface area contributed by atoms with Crippen molar-refractivity contribution in [1.29, 1.82) is 0 Å². The number of anilines is 2. The van der Waals surface area contributed by atoms with Gasteiger partial charge in [0.1, 0.15) is 40.7 Å². The number of alkyl halides is 4. The molecule has 0 saturated carbocycles. The van der Waals surface area contributed by atoms with E-state index in [0.717, 1.165) is 21.4 Å². The normalized spacial score (nSPS) is 33.3. The van der Waals surface area contributed by atoms with Crippen LogP contribution in [0.2, 0.25) is 0 Å². The minimum absolute atomic E-state index is 0.00836. The maximum Gasteiger partial charge on any atom is 0.351 e. The SMILES string of the molecule is CC[C@@]1(N=[N+]=[N-])O[C@@H](n2ccc(=O)[nH]c2=O)[C@H](Cl)[C@@H]1C.CC[C@@]1(N=[N+]=[N-])O[C@@H](n2ccc(N)nc2=O)[C@H](Cl)[C@@H]1C.[N-]=[N+]=N[C@]1(CO)O[C@@H](n2ccc(=O)[nH]c2=O)[C@H](Cl)[C@@H]1O.[N-]=[N+]=N[C@]1(CO)O[C@@H](n2ccc(N)nc2=O)[C@H](Cl)[C@@H]1O.[N-]=[N+]=N[C@]1(CO)O[C@@H]2C(Oc3nc(=O)ccn32)[C@@H]1O. The van der Waals surface area contributed by atoms with Crippen LogP contribution in [0, 0.1) is 11.8 Å². The number of nitrogens with one attached hydrogen (secondary N) is 2. The molecule has 12 N–H and O–H groups in total. The van der Waals surface area contributed by atoms with E-state index in [4.69, 9.17) is 114 Å². The standard InChI is InChI=1S/C11H15ClN6O2.C11H14ClN5O3.C9H11ClN6O4.C9H10ClN5O5.C9H9N5O5/c1-3-11(16-17-14)6(2)8(12)9(20-11)18-5-4-7(13)15-10(18)19;1-3-11(15-16-13)6(2)8(12)9(20-11)17-5-4-7(18)14-10(17)19;10-5-6(18)9(3-17,14-15-12)20-7(5)16-2-1-4(11)13-8(16)19;10-5-6(18)9(3-16,13-14-11)20-7(5)15-2-1-4(17)12-8(15)19;10-13-12-9(3-15)6(17)5-7(19-9)14-2-1-4(16)11-8(14)18-5/h4-6,8-9H,3H2,1-2H3,(H2,13,15,19);4-6,8-9H,3H2,1-2H3,(H,14,18,19);1-2,5-7,17-18H,3H2,(H2,11,13,19);1-2,5-7,16,18H,3H2,(H,12,17,19);1-2,5-7,15,17H,3H2/t2*6-,8+,9+,11+;2*5-,6+,7-,9-;5?,6-,7+,9+/m00110/s1. The average Bonchev–Trinajstić information content (AvgIpc) is 1.57. The first-order valence-electron chi connectivity index (χ1n) is 28.6. The van der Waals surface area contributed by atoms with Crippen LogP contribution in [0.5, 0.6) is 6.01 Å². The number of H-pyrrole nitrogens is 2. The fourth-order valence-corrected chi connectivity index (χ4v) is 12.3. The van der Waals surface area contributed by atoms with E-state index in [1.807, 2.05) is 25.8 Å². The zero-order valence-corrected chi connectivity index (χ0v) is 54.4. The minimum atomic E-state index is -1.98. The molecule has 0 radical (unpaired) electrons. The van der Waals surface area contributed by atoms with Crippen LogP contribution in [-0.2, 0) is 23.7 Å². The number of azide groups is 5. The van der Waals surface area contributed by atoms with Crippen LogP contribution < -0.4 is 55.6 Å². The molecule has 0 aromatic carbocycles. The number of aromatic nitrogens is 10. The Hall–Kier alpha value is -9.33. The summed E-state index contributed by atoms with van der Waals surface area (Å²) in [6, 6.07) is 6.31. The quantitative estimate of drug-likeness (QED) is 0.0321. The largest absolute Gasteiger partial charge is 0.453 e. The molecule has 20 atom stereocenters. The van der Waals surface area contributed by atoms with Crippen molar-refractivity contribution in [3.8, 4) is 6.01 Å². The number of nitrogen functional groups attached to an aromatic ring is 2. The molecule has 5 saturated heterocycles. The molecular formula is C49H59Cl4N27O19. The molecule has 46 nitrogen and oxygen atoms in total. The molecule has 6 aliphatic rings. The van der Waals surface area contributed by atoms with Gasteiger partial charge in [-0.2, -0.15) is 15.0 Å². The lowest BCUT2D eigenvalue weighted by Gasteiger charge is -2.26. The molecule has 99 heavy (non-hydrogen) atoms. The summed E-state index contributed by atoms with van der Waals surface area (Å²) in [6.45, 7) is 4.95. The molecule has 0 bridgehead atoms. The molecule has 5 aromatic rings. The molecule has 11 heterocycles. The second kappa shape index (κ2) is 31.7. The number of hydrogen-bond donors (Lipinski definition) is 10. The first-order valence-corrected chi connectivity index (χ1v) is 30.4. The Morgan fingerprint density at radius 3 is 1.17 bits per heavy atom. The van der Waals surface area contributed by atoms with Crippen LogP contribution in [0.3, 0.4) is 0 Å². The highest BCUT2D eigenvalue weighted by molar-refractivity contribution is 6.22. The Morgan fingerprint density at radius 2 is 0.808 bits per heavy atom. The predicted octanol–water partition coefficient (Wildman–Crippen LogP) is 0.987. The number of rotatable bonds is 14. The summed E-state index contributed by atoms with van der Waals surface area (Å²) < 4.78 is 38.6. The first-order chi connectivity index (χ1) is 46.9. The maximum atomic E-state index is 11.9. The Morgan fingerprint density at radius 1 is 0.485 bits per heavy atom. The Bertz CT molecular complexity index is 4260. The highest BCUT2D eigenvalue weighted by Gasteiger charge is 2.61. The van der Waals surface area contributed by atoms with Crippen molar-refractivity contribution in [2.24, 2.45) is 37.4 Å². The molecule has 0 aliphatic carbocycles. The molecule has 532 valence electrons. The minimum Gasteiger partial charge on any atom is -0.453 e. The second-order valence-electron chi connectivity index (χ2n) is 21.7. The summed E-state index contributed by atoms with van der Waals surface area (Å²) in [6.07, 6.45) is -2.62. The lowest BCUT2D eigenvalue weighted by atomic mass is 9.95. The van der Waals surface area contributed by atoms with E-state index < -0.39 is 165 Å². The van der Waals surface area contributed by atoms with Crippen molar-refractivity contribution in [3.05, 3.63) is 187 Å². The number of aliphatic hydroxyl groups excluding tert-OH is 6. The van der Waals surface area contributed by atoms with Crippen LogP contribution in [0.15, 0.2) is 120 Å². The van der Waals surface area contributed by atoms with Crippen LogP contribution in [0.1, 0.15) is 71.7 Å². The van der Waals surface area contributed by atoms with Gasteiger partial charge in [0.15, 0.2) is 60.1 Å². The van der Waals surface area contributed by atoms with E-state index >= 15 is 0 Å². The molecule has 0 amide bonds. The summed E-state index contributed by atoms with van der Waals surface area (Å²) >= 11 is 24.6. The first kappa shape index (κ1) is 77.0. The third-order valence-electron chi connectivity index (χ3n) is 16.3. The van der Waals surface area contributed by atoms with Gasteiger partial charge in [0.05, 0.1) is 30.6 Å². The second-order valence-corrected chi connectivity index (χ2v) is 23.8. The van der Waals surface area contributed by atoms with Crippen molar-refractivity contribution in [3.63, 3.8) is 0 Å². The third kappa shape index (κ3) is 15.2. The number of halogens is 4. The van der Waals surface area contributed by atoms with Crippen LogP contribution in [0.4, 0.5) is 11.6 Å². The van der Waals surface area contributed by atoms with E-state index in [-0.39, 0.29) is 29.5 Å². The van der Waals surface area contributed by atoms with E-state index in [0.29, 0.717) is 12.8 Å². The van der Waals surface area contributed by atoms with Crippen LogP contribution >= 0.6 is 46.4 Å². The Kier molecular flexibility index (Phi) is 24.6. The van der Waals surface area contributed by atoms with Gasteiger partial charge in [0.25, 0.3) is 16.7 Å². The van der Waals surface area contributed by atoms with Gasteiger partial charge < -0.3 is 70.5 Å². The van der Waals surface area contributed by atoms with Gasteiger partial charge in [-0.15, -0.1) is 46.4 Å². The molecule has 1 unspecified atom stereocenters. The zero-order chi connectivity index (χ0) is 73.3. The monoisotopic (exact) mass is 1470 g/mol. The average molecular weight is 1470 g/mol. The number of aliphatic hydroxyl groups is 6. The molecule has 11 rings (SSSR count). The van der Waals surface area contributed by atoms with Crippen molar-refractivity contribution in [2.45, 2.75) is 146 Å². The van der Waals surface area contributed by atoms with E-state index in [9.17, 15) is 64.2 Å². The molecule has 0 spiro atoms. The summed E-state index contributed by atoms with van der Waals surface area (Å²) in [4.78, 5) is 108.